The van der Waals surface area contributed by atoms with Gasteiger partial charge in [0.05, 0.1) is 0 Å². The van der Waals surface area contributed by atoms with Crippen molar-refractivity contribution in [3.8, 4) is 0 Å². The first-order valence-corrected chi connectivity index (χ1v) is 6.48. The highest BCUT2D eigenvalue weighted by atomic mass is 35.5. The lowest BCUT2D eigenvalue weighted by atomic mass is 10.2. The number of rotatable bonds is 2. The summed E-state index contributed by atoms with van der Waals surface area (Å²) in [6, 6.07) is 5.52. The van der Waals surface area contributed by atoms with Crippen LogP contribution in [-0.2, 0) is 4.79 Å². The Morgan fingerprint density at radius 3 is 2.78 bits per heavy atom. The molecule has 1 amide bonds. The molecule has 2 rings (SSSR count). The van der Waals surface area contributed by atoms with Crippen LogP contribution in [0.4, 0.5) is 5.69 Å². The molecule has 0 bridgehead atoms. The predicted octanol–water partition coefficient (Wildman–Crippen LogP) is 2.38. The third kappa shape index (κ3) is 3.34. The highest BCUT2D eigenvalue weighted by molar-refractivity contribution is 7.80. The minimum absolute atomic E-state index is 0.0121. The van der Waals surface area contributed by atoms with Crippen molar-refractivity contribution >= 4 is 40.5 Å². The highest BCUT2D eigenvalue weighted by Gasteiger charge is 2.29. The first-order chi connectivity index (χ1) is 8.58. The minimum atomic E-state index is -0.0121. The van der Waals surface area contributed by atoms with E-state index in [9.17, 15) is 4.79 Å². The second-order valence-corrected chi connectivity index (χ2v) is 5.07. The van der Waals surface area contributed by atoms with Gasteiger partial charge in [-0.15, -0.1) is 0 Å². The first-order valence-electron chi connectivity index (χ1n) is 5.70. The van der Waals surface area contributed by atoms with Crippen LogP contribution in [0, 0.1) is 12.8 Å². The fourth-order valence-electron chi connectivity index (χ4n) is 1.46. The molecule has 1 aromatic rings. The van der Waals surface area contributed by atoms with Gasteiger partial charge in [-0.1, -0.05) is 17.7 Å². The number of hydrazine groups is 1. The number of benzene rings is 1. The number of nitrogens with one attached hydrogen (secondary N) is 3. The number of amides is 1. The Morgan fingerprint density at radius 1 is 1.39 bits per heavy atom. The molecule has 0 atom stereocenters. The molecule has 1 fully saturated rings. The molecule has 96 valence electrons. The van der Waals surface area contributed by atoms with E-state index in [1.54, 1.807) is 0 Å². The molecule has 0 spiro atoms. The molecular formula is C12H14ClN3OS. The summed E-state index contributed by atoms with van der Waals surface area (Å²) in [7, 11) is 0. The van der Waals surface area contributed by atoms with Crippen LogP contribution in [0.3, 0.4) is 0 Å². The van der Waals surface area contributed by atoms with Gasteiger partial charge in [0.1, 0.15) is 0 Å². The van der Waals surface area contributed by atoms with Gasteiger partial charge in [-0.3, -0.25) is 15.6 Å². The molecule has 0 radical (unpaired) electrons. The molecule has 18 heavy (non-hydrogen) atoms. The number of hydrogen-bond acceptors (Lipinski definition) is 2. The van der Waals surface area contributed by atoms with Crippen molar-refractivity contribution in [1.29, 1.82) is 0 Å². The van der Waals surface area contributed by atoms with Crippen molar-refractivity contribution in [2.24, 2.45) is 5.92 Å². The van der Waals surface area contributed by atoms with Crippen LogP contribution in [0.1, 0.15) is 18.4 Å². The van der Waals surface area contributed by atoms with E-state index in [1.165, 1.54) is 0 Å². The normalized spacial score (nSPS) is 13.9. The van der Waals surface area contributed by atoms with Gasteiger partial charge in [0.15, 0.2) is 5.11 Å². The SMILES string of the molecule is Cc1c(Cl)cccc1NC(=S)NNC(=O)C1CC1. The third-order valence-corrected chi connectivity index (χ3v) is 3.38. The van der Waals surface area contributed by atoms with Crippen molar-refractivity contribution in [2.75, 3.05) is 5.32 Å². The summed E-state index contributed by atoms with van der Waals surface area (Å²) in [5, 5.41) is 4.00. The lowest BCUT2D eigenvalue weighted by molar-refractivity contribution is -0.122. The number of thiocarbonyl (C=S) groups is 1. The molecular weight excluding hydrogens is 270 g/mol. The van der Waals surface area contributed by atoms with Crippen molar-refractivity contribution in [3.63, 3.8) is 0 Å². The average molecular weight is 284 g/mol. The van der Waals surface area contributed by atoms with E-state index < -0.39 is 0 Å². The van der Waals surface area contributed by atoms with Crippen molar-refractivity contribution in [1.82, 2.24) is 10.9 Å². The van der Waals surface area contributed by atoms with Crippen LogP contribution in [0.5, 0.6) is 0 Å². The molecule has 0 unspecified atom stereocenters. The Kier molecular flexibility index (Phi) is 4.04. The fraction of sp³-hybridized carbons (Fsp3) is 0.333. The van der Waals surface area contributed by atoms with E-state index in [0.717, 1.165) is 24.1 Å². The second-order valence-electron chi connectivity index (χ2n) is 4.26. The van der Waals surface area contributed by atoms with E-state index >= 15 is 0 Å². The third-order valence-electron chi connectivity index (χ3n) is 2.76. The van der Waals surface area contributed by atoms with Gasteiger partial charge in [0.2, 0.25) is 5.91 Å². The van der Waals surface area contributed by atoms with E-state index in [0.29, 0.717) is 10.1 Å². The minimum Gasteiger partial charge on any atom is -0.331 e. The highest BCUT2D eigenvalue weighted by Crippen LogP contribution is 2.28. The Hall–Kier alpha value is -1.33. The van der Waals surface area contributed by atoms with Crippen molar-refractivity contribution in [2.45, 2.75) is 19.8 Å². The average Bonchev–Trinajstić information content (AvgIpc) is 3.16. The summed E-state index contributed by atoms with van der Waals surface area (Å²) >= 11 is 11.1. The Morgan fingerprint density at radius 2 is 2.11 bits per heavy atom. The lowest BCUT2D eigenvalue weighted by Gasteiger charge is -2.13. The number of carbonyl (C=O) groups is 1. The summed E-state index contributed by atoms with van der Waals surface area (Å²) < 4.78 is 0. The van der Waals surface area contributed by atoms with Crippen molar-refractivity contribution < 1.29 is 4.79 Å². The smallest absolute Gasteiger partial charge is 0.241 e. The summed E-state index contributed by atoms with van der Waals surface area (Å²) in [6.45, 7) is 1.90. The Balaban J connectivity index is 1.86. The number of anilines is 1. The summed E-state index contributed by atoms with van der Waals surface area (Å²) in [4.78, 5) is 11.4. The second kappa shape index (κ2) is 5.54. The molecule has 6 heteroatoms. The molecule has 1 aliphatic carbocycles. The molecule has 3 N–H and O–H groups in total. The maximum atomic E-state index is 11.4. The first kappa shape index (κ1) is 13.1. The zero-order valence-electron chi connectivity index (χ0n) is 9.92. The molecule has 4 nitrogen and oxygen atoms in total. The summed E-state index contributed by atoms with van der Waals surface area (Å²) in [6.07, 6.45) is 1.92. The summed E-state index contributed by atoms with van der Waals surface area (Å²) in [5.41, 5.74) is 6.98. The predicted molar refractivity (Wildman–Crippen MR) is 76.4 cm³/mol. The van der Waals surface area contributed by atoms with Crippen LogP contribution >= 0.6 is 23.8 Å². The Bertz CT molecular complexity index is 488. The molecule has 0 saturated heterocycles. The van der Waals surface area contributed by atoms with Crippen LogP contribution in [0.25, 0.3) is 0 Å². The zero-order chi connectivity index (χ0) is 13.1. The van der Waals surface area contributed by atoms with E-state index in [1.807, 2.05) is 25.1 Å². The topological polar surface area (TPSA) is 53.2 Å². The molecule has 1 aromatic carbocycles. The lowest BCUT2D eigenvalue weighted by Crippen LogP contribution is -2.44. The molecule has 0 aromatic heterocycles. The number of halogens is 1. The largest absolute Gasteiger partial charge is 0.331 e. The van der Waals surface area contributed by atoms with Gasteiger partial charge in [0.25, 0.3) is 0 Å². The van der Waals surface area contributed by atoms with Gasteiger partial charge in [-0.2, -0.15) is 0 Å². The van der Waals surface area contributed by atoms with Gasteiger partial charge in [0, 0.05) is 16.6 Å². The van der Waals surface area contributed by atoms with Crippen molar-refractivity contribution in [3.05, 3.63) is 28.8 Å². The monoisotopic (exact) mass is 283 g/mol. The van der Waals surface area contributed by atoms with Gasteiger partial charge in [-0.25, -0.2) is 0 Å². The van der Waals surface area contributed by atoms with E-state index in [2.05, 4.69) is 16.2 Å². The van der Waals surface area contributed by atoms with Crippen LogP contribution in [-0.4, -0.2) is 11.0 Å². The van der Waals surface area contributed by atoms with Crippen LogP contribution in [0.15, 0.2) is 18.2 Å². The summed E-state index contributed by atoms with van der Waals surface area (Å²) in [5.74, 6) is 0.134. The van der Waals surface area contributed by atoms with Crippen LogP contribution in [0.2, 0.25) is 5.02 Å². The van der Waals surface area contributed by atoms with E-state index in [-0.39, 0.29) is 11.8 Å². The van der Waals surface area contributed by atoms with E-state index in [4.69, 9.17) is 23.8 Å². The molecule has 0 aliphatic heterocycles. The zero-order valence-corrected chi connectivity index (χ0v) is 11.5. The quantitative estimate of drug-likeness (QED) is 0.576. The van der Waals surface area contributed by atoms with Gasteiger partial charge in [-0.05, 0) is 49.7 Å². The Labute approximate surface area is 116 Å². The maximum Gasteiger partial charge on any atom is 0.241 e. The fourth-order valence-corrected chi connectivity index (χ4v) is 1.80. The van der Waals surface area contributed by atoms with Crippen LogP contribution < -0.4 is 16.2 Å². The van der Waals surface area contributed by atoms with Gasteiger partial charge >= 0.3 is 0 Å². The standard InChI is InChI=1S/C12H14ClN3OS/c1-7-9(13)3-2-4-10(7)14-12(18)16-15-11(17)8-5-6-8/h2-4,8H,5-6H2,1H3,(H,15,17)(H2,14,16,18). The number of hydrogen-bond donors (Lipinski definition) is 3. The molecule has 1 aliphatic rings. The number of carbonyl (C=O) groups excluding carboxylic acids is 1. The molecule has 0 heterocycles. The van der Waals surface area contributed by atoms with Gasteiger partial charge < -0.3 is 5.32 Å². The maximum absolute atomic E-state index is 11.4. The molecule has 1 saturated carbocycles.